The van der Waals surface area contributed by atoms with Crippen molar-refractivity contribution in [1.29, 1.82) is 0 Å². The van der Waals surface area contributed by atoms with Crippen molar-refractivity contribution in [1.82, 2.24) is 4.98 Å². The molecule has 0 spiro atoms. The molecular formula is C12H13N3O2S. The largest absolute Gasteiger partial charge is 0.367 e. The molecule has 0 bridgehead atoms. The molecule has 0 amide bonds. The van der Waals surface area contributed by atoms with E-state index in [1.54, 1.807) is 17.4 Å². The molecule has 2 aromatic heterocycles. The number of aromatic nitrogens is 1. The van der Waals surface area contributed by atoms with Gasteiger partial charge < -0.3 is 5.32 Å². The Hall–Kier alpha value is -1.95. The second-order valence-corrected chi connectivity index (χ2v) is 5.02. The summed E-state index contributed by atoms with van der Waals surface area (Å²) < 4.78 is 0. The van der Waals surface area contributed by atoms with E-state index in [9.17, 15) is 10.1 Å². The number of nitrogens with zero attached hydrogens (tertiary/aromatic N) is 2. The summed E-state index contributed by atoms with van der Waals surface area (Å²) in [5.41, 5.74) is 0.00598. The van der Waals surface area contributed by atoms with E-state index >= 15 is 0 Å². The van der Waals surface area contributed by atoms with Gasteiger partial charge in [-0.1, -0.05) is 6.07 Å². The van der Waals surface area contributed by atoms with Gasteiger partial charge in [-0.25, -0.2) is 4.98 Å². The van der Waals surface area contributed by atoms with Crippen molar-refractivity contribution in [3.63, 3.8) is 0 Å². The van der Waals surface area contributed by atoms with Gasteiger partial charge in [-0.2, -0.15) is 0 Å². The molecule has 0 fully saturated rings. The van der Waals surface area contributed by atoms with E-state index in [1.807, 2.05) is 11.4 Å². The van der Waals surface area contributed by atoms with Crippen molar-refractivity contribution in [3.05, 3.63) is 50.8 Å². The normalized spacial score (nSPS) is 12.1. The Balaban J connectivity index is 1.94. The fourth-order valence-corrected chi connectivity index (χ4v) is 2.45. The zero-order valence-corrected chi connectivity index (χ0v) is 10.7. The van der Waals surface area contributed by atoms with Gasteiger partial charge in [-0.05, 0) is 24.4 Å². The summed E-state index contributed by atoms with van der Waals surface area (Å²) in [6.07, 6.45) is 2.18. The standard InChI is InChI=1S/C12H13N3O2S/c1-9(7-11-3-2-6-18-11)14-12-5-4-10(8-13-12)15(16)17/h2-6,8-9H,7H2,1H3,(H,13,14). The maximum absolute atomic E-state index is 10.5. The summed E-state index contributed by atoms with van der Waals surface area (Å²) in [6, 6.07) is 7.43. The van der Waals surface area contributed by atoms with Gasteiger partial charge in [0.15, 0.2) is 0 Å². The highest BCUT2D eigenvalue weighted by Crippen LogP contribution is 2.15. The number of thiophene rings is 1. The molecule has 0 saturated carbocycles. The van der Waals surface area contributed by atoms with E-state index in [-0.39, 0.29) is 11.7 Å². The summed E-state index contributed by atoms with van der Waals surface area (Å²) in [5.74, 6) is 0.657. The third-order valence-electron chi connectivity index (χ3n) is 2.44. The maximum atomic E-state index is 10.5. The lowest BCUT2D eigenvalue weighted by atomic mass is 10.2. The highest BCUT2D eigenvalue weighted by atomic mass is 32.1. The molecule has 2 rings (SSSR count). The Morgan fingerprint density at radius 1 is 1.50 bits per heavy atom. The van der Waals surface area contributed by atoms with Gasteiger partial charge >= 0.3 is 0 Å². The molecule has 0 aliphatic heterocycles. The van der Waals surface area contributed by atoms with E-state index in [4.69, 9.17) is 0 Å². The summed E-state index contributed by atoms with van der Waals surface area (Å²) >= 11 is 1.72. The average Bonchev–Trinajstić information content (AvgIpc) is 2.82. The molecule has 5 nitrogen and oxygen atoms in total. The summed E-state index contributed by atoms with van der Waals surface area (Å²) in [7, 11) is 0. The van der Waals surface area contributed by atoms with Gasteiger partial charge in [0.25, 0.3) is 5.69 Å². The SMILES string of the molecule is CC(Cc1cccs1)Nc1ccc([N+](=O)[O-])cn1. The highest BCUT2D eigenvalue weighted by molar-refractivity contribution is 7.09. The van der Waals surface area contributed by atoms with Crippen LogP contribution in [-0.2, 0) is 6.42 Å². The van der Waals surface area contributed by atoms with Gasteiger partial charge in [0, 0.05) is 23.4 Å². The van der Waals surface area contributed by atoms with E-state index in [0.717, 1.165) is 6.42 Å². The maximum Gasteiger partial charge on any atom is 0.287 e. The molecule has 94 valence electrons. The monoisotopic (exact) mass is 263 g/mol. The molecule has 1 N–H and O–H groups in total. The van der Waals surface area contributed by atoms with Crippen LogP contribution in [-0.4, -0.2) is 15.9 Å². The Labute approximate surface area is 109 Å². The first kappa shape index (κ1) is 12.5. The van der Waals surface area contributed by atoms with Crippen LogP contribution < -0.4 is 5.32 Å². The van der Waals surface area contributed by atoms with Crippen LogP contribution in [0, 0.1) is 10.1 Å². The molecule has 0 aromatic carbocycles. The number of hydrogen-bond donors (Lipinski definition) is 1. The minimum absolute atomic E-state index is 0.00598. The predicted octanol–water partition coefficient (Wildman–Crippen LogP) is 3.09. The molecule has 0 aliphatic carbocycles. The second-order valence-electron chi connectivity index (χ2n) is 3.99. The van der Waals surface area contributed by atoms with Gasteiger partial charge in [0.05, 0.1) is 4.92 Å². The molecule has 18 heavy (non-hydrogen) atoms. The fraction of sp³-hybridized carbons (Fsp3) is 0.250. The molecule has 1 unspecified atom stereocenters. The fourth-order valence-electron chi connectivity index (χ4n) is 1.61. The molecule has 2 heterocycles. The van der Waals surface area contributed by atoms with Gasteiger partial charge in [0.2, 0.25) is 0 Å². The lowest BCUT2D eigenvalue weighted by molar-refractivity contribution is -0.385. The third kappa shape index (κ3) is 3.27. The minimum atomic E-state index is -0.453. The second kappa shape index (κ2) is 5.59. The number of rotatable bonds is 5. The van der Waals surface area contributed by atoms with Gasteiger partial charge in [-0.3, -0.25) is 10.1 Å². The highest BCUT2D eigenvalue weighted by Gasteiger charge is 2.08. The molecule has 1 atom stereocenters. The lowest BCUT2D eigenvalue weighted by Crippen LogP contribution is -2.18. The summed E-state index contributed by atoms with van der Waals surface area (Å²) in [6.45, 7) is 2.06. The first-order valence-electron chi connectivity index (χ1n) is 5.54. The van der Waals surface area contributed by atoms with Crippen molar-refractivity contribution >= 4 is 22.8 Å². The number of nitrogens with one attached hydrogen (secondary N) is 1. The van der Waals surface area contributed by atoms with Crippen LogP contribution in [0.4, 0.5) is 11.5 Å². The van der Waals surface area contributed by atoms with Crippen molar-refractivity contribution < 1.29 is 4.92 Å². The third-order valence-corrected chi connectivity index (χ3v) is 3.34. The number of pyridine rings is 1. The predicted molar refractivity (Wildman–Crippen MR) is 72.0 cm³/mol. The van der Waals surface area contributed by atoms with Crippen molar-refractivity contribution in [2.75, 3.05) is 5.32 Å². The number of hydrogen-bond acceptors (Lipinski definition) is 5. The number of anilines is 1. The molecule has 0 radical (unpaired) electrons. The molecule has 2 aromatic rings. The number of nitro groups is 1. The molecule has 0 aliphatic rings. The lowest BCUT2D eigenvalue weighted by Gasteiger charge is -2.13. The van der Waals surface area contributed by atoms with Crippen LogP contribution in [0.5, 0.6) is 0 Å². The molecule has 6 heteroatoms. The quantitative estimate of drug-likeness (QED) is 0.665. The summed E-state index contributed by atoms with van der Waals surface area (Å²) in [4.78, 5) is 15.4. The Bertz CT molecular complexity index is 511. The first-order chi connectivity index (χ1) is 8.65. The zero-order valence-electron chi connectivity index (χ0n) is 9.87. The van der Waals surface area contributed by atoms with Crippen LogP contribution in [0.25, 0.3) is 0 Å². The van der Waals surface area contributed by atoms with E-state index in [1.165, 1.54) is 17.1 Å². The van der Waals surface area contributed by atoms with Crippen LogP contribution in [0.2, 0.25) is 0 Å². The Morgan fingerprint density at radius 2 is 2.33 bits per heavy atom. The van der Waals surface area contributed by atoms with Crippen molar-refractivity contribution in [2.24, 2.45) is 0 Å². The van der Waals surface area contributed by atoms with E-state index in [0.29, 0.717) is 5.82 Å². The van der Waals surface area contributed by atoms with E-state index in [2.05, 4.69) is 23.3 Å². The Morgan fingerprint density at radius 3 is 2.89 bits per heavy atom. The van der Waals surface area contributed by atoms with E-state index < -0.39 is 4.92 Å². The molecule has 0 saturated heterocycles. The topological polar surface area (TPSA) is 68.1 Å². The van der Waals surface area contributed by atoms with Gasteiger partial charge in [-0.15, -0.1) is 11.3 Å². The van der Waals surface area contributed by atoms with Crippen molar-refractivity contribution in [3.8, 4) is 0 Å². The van der Waals surface area contributed by atoms with Crippen LogP contribution in [0.15, 0.2) is 35.8 Å². The van der Waals surface area contributed by atoms with Crippen molar-refractivity contribution in [2.45, 2.75) is 19.4 Å². The van der Waals surface area contributed by atoms with Crippen LogP contribution >= 0.6 is 11.3 Å². The Kier molecular flexibility index (Phi) is 3.88. The summed E-state index contributed by atoms with van der Waals surface area (Å²) in [5, 5.41) is 15.8. The average molecular weight is 263 g/mol. The minimum Gasteiger partial charge on any atom is -0.367 e. The molecular weight excluding hydrogens is 250 g/mol. The van der Waals surface area contributed by atoms with Gasteiger partial charge in [0.1, 0.15) is 12.0 Å². The first-order valence-corrected chi connectivity index (χ1v) is 6.42. The van der Waals surface area contributed by atoms with Crippen LogP contribution in [0.1, 0.15) is 11.8 Å². The van der Waals surface area contributed by atoms with Crippen LogP contribution in [0.3, 0.4) is 0 Å². The zero-order chi connectivity index (χ0) is 13.0. The smallest absolute Gasteiger partial charge is 0.287 e.